The van der Waals surface area contributed by atoms with Crippen LogP contribution in [-0.4, -0.2) is 33.4 Å². The number of furan rings is 1. The molecule has 0 spiro atoms. The molecule has 1 fully saturated rings. The van der Waals surface area contributed by atoms with E-state index in [1.165, 1.54) is 12.1 Å². The van der Waals surface area contributed by atoms with E-state index in [2.05, 4.69) is 4.98 Å². The van der Waals surface area contributed by atoms with Crippen molar-refractivity contribution in [2.24, 2.45) is 0 Å². The summed E-state index contributed by atoms with van der Waals surface area (Å²) in [6.45, 7) is 3.13. The number of carbonyl (C=O) groups is 1. The van der Waals surface area contributed by atoms with Gasteiger partial charge in [-0.1, -0.05) is 0 Å². The van der Waals surface area contributed by atoms with Gasteiger partial charge in [-0.3, -0.25) is 4.79 Å². The van der Waals surface area contributed by atoms with Crippen molar-refractivity contribution >= 4 is 16.9 Å². The van der Waals surface area contributed by atoms with Gasteiger partial charge in [-0.2, -0.15) is 0 Å². The Balaban J connectivity index is 1.62. The van der Waals surface area contributed by atoms with E-state index >= 15 is 0 Å². The maximum atomic E-state index is 13.4. The first-order chi connectivity index (χ1) is 11.6. The Hall–Kier alpha value is -2.63. The van der Waals surface area contributed by atoms with Crippen LogP contribution >= 0.6 is 0 Å². The average Bonchev–Trinajstić information content (AvgIpc) is 3.24. The van der Waals surface area contributed by atoms with E-state index in [-0.39, 0.29) is 17.8 Å². The van der Waals surface area contributed by atoms with Crippen LogP contribution in [-0.2, 0) is 0 Å². The Morgan fingerprint density at radius 1 is 1.42 bits per heavy atom. The molecule has 2 aromatic heterocycles. The Morgan fingerprint density at radius 2 is 2.29 bits per heavy atom. The molecule has 0 saturated carbocycles. The number of hydrogen-bond acceptors (Lipinski definition) is 3. The monoisotopic (exact) mass is 327 g/mol. The molecule has 1 aromatic carbocycles. The molecule has 1 amide bonds. The molecule has 0 bridgehead atoms. The van der Waals surface area contributed by atoms with Crippen LogP contribution in [0.25, 0.3) is 11.0 Å². The minimum absolute atomic E-state index is 0.131. The third-order valence-electron chi connectivity index (χ3n) is 4.72. The summed E-state index contributed by atoms with van der Waals surface area (Å²) in [7, 11) is 0. The highest BCUT2D eigenvalue weighted by Crippen LogP contribution is 2.29. The van der Waals surface area contributed by atoms with Crippen LogP contribution in [0, 0.1) is 12.7 Å². The maximum Gasteiger partial charge on any atom is 0.289 e. The van der Waals surface area contributed by atoms with Crippen molar-refractivity contribution in [1.82, 2.24) is 14.5 Å². The maximum absolute atomic E-state index is 13.4. The number of likely N-dealkylation sites (tertiary alicyclic amines) is 1. The zero-order valence-electron chi connectivity index (χ0n) is 13.4. The van der Waals surface area contributed by atoms with Crippen molar-refractivity contribution < 1.29 is 13.6 Å². The first-order valence-corrected chi connectivity index (χ1v) is 8.09. The number of aryl methyl sites for hydroxylation is 1. The number of nitrogens with zero attached hydrogens (tertiary/aromatic N) is 3. The minimum Gasteiger partial charge on any atom is -0.451 e. The Morgan fingerprint density at radius 3 is 3.08 bits per heavy atom. The highest BCUT2D eigenvalue weighted by Gasteiger charge is 2.28. The number of imidazole rings is 1. The third kappa shape index (κ3) is 2.48. The van der Waals surface area contributed by atoms with Crippen LogP contribution in [0.2, 0.25) is 0 Å². The van der Waals surface area contributed by atoms with Gasteiger partial charge >= 0.3 is 0 Å². The highest BCUT2D eigenvalue weighted by molar-refractivity contribution is 5.99. The second kappa shape index (κ2) is 5.78. The van der Waals surface area contributed by atoms with Gasteiger partial charge in [0.05, 0.1) is 12.4 Å². The first-order valence-electron chi connectivity index (χ1n) is 8.09. The molecule has 6 heteroatoms. The van der Waals surface area contributed by atoms with Crippen LogP contribution in [0.3, 0.4) is 0 Å². The molecule has 0 radical (unpaired) electrons. The molecule has 0 unspecified atom stereocenters. The quantitative estimate of drug-likeness (QED) is 0.723. The van der Waals surface area contributed by atoms with Crippen molar-refractivity contribution in [2.75, 3.05) is 13.1 Å². The molecule has 3 heterocycles. The van der Waals surface area contributed by atoms with E-state index in [1.54, 1.807) is 25.5 Å². The zero-order chi connectivity index (χ0) is 16.7. The summed E-state index contributed by atoms with van der Waals surface area (Å²) in [6, 6.07) is 4.55. The van der Waals surface area contributed by atoms with E-state index in [9.17, 15) is 9.18 Å². The van der Waals surface area contributed by atoms with E-state index in [0.717, 1.165) is 12.8 Å². The Bertz CT molecular complexity index is 885. The summed E-state index contributed by atoms with van der Waals surface area (Å²) >= 11 is 0. The zero-order valence-corrected chi connectivity index (χ0v) is 13.4. The lowest BCUT2D eigenvalue weighted by Crippen LogP contribution is -2.40. The molecule has 0 N–H and O–H groups in total. The second-order valence-corrected chi connectivity index (χ2v) is 6.25. The van der Waals surface area contributed by atoms with Crippen LogP contribution in [0.15, 0.2) is 41.3 Å². The molecule has 4 rings (SSSR count). The van der Waals surface area contributed by atoms with Crippen molar-refractivity contribution in [3.63, 3.8) is 0 Å². The fourth-order valence-corrected chi connectivity index (χ4v) is 3.41. The van der Waals surface area contributed by atoms with Crippen LogP contribution in [0.5, 0.6) is 0 Å². The number of benzene rings is 1. The number of halogens is 1. The fourth-order valence-electron chi connectivity index (χ4n) is 3.41. The van der Waals surface area contributed by atoms with Crippen LogP contribution in [0.4, 0.5) is 4.39 Å². The predicted octanol–water partition coefficient (Wildman–Crippen LogP) is 3.55. The number of aromatic nitrogens is 2. The molecule has 24 heavy (non-hydrogen) atoms. The molecule has 1 aliphatic heterocycles. The topological polar surface area (TPSA) is 51.3 Å². The van der Waals surface area contributed by atoms with E-state index in [4.69, 9.17) is 4.42 Å². The molecule has 1 aliphatic rings. The van der Waals surface area contributed by atoms with Crippen molar-refractivity contribution in [1.29, 1.82) is 0 Å². The van der Waals surface area contributed by atoms with E-state index in [1.807, 2.05) is 15.7 Å². The number of amides is 1. The molecule has 1 atom stereocenters. The summed E-state index contributed by atoms with van der Waals surface area (Å²) in [6.07, 6.45) is 7.41. The Kier molecular flexibility index (Phi) is 3.59. The van der Waals surface area contributed by atoms with Gasteiger partial charge in [0.2, 0.25) is 0 Å². The summed E-state index contributed by atoms with van der Waals surface area (Å²) in [5.41, 5.74) is 1.24. The normalized spacial score (nSPS) is 18.2. The van der Waals surface area contributed by atoms with Crippen molar-refractivity contribution in [3.8, 4) is 0 Å². The van der Waals surface area contributed by atoms with E-state index < -0.39 is 0 Å². The fraction of sp³-hybridized carbons (Fsp3) is 0.333. The first kappa shape index (κ1) is 14.9. The van der Waals surface area contributed by atoms with Crippen molar-refractivity contribution in [3.05, 3.63) is 54.1 Å². The lowest BCUT2D eigenvalue weighted by molar-refractivity contribution is 0.0648. The van der Waals surface area contributed by atoms with Gasteiger partial charge in [0.25, 0.3) is 5.91 Å². The number of piperidine rings is 1. The highest BCUT2D eigenvalue weighted by atomic mass is 19.1. The van der Waals surface area contributed by atoms with Gasteiger partial charge in [0.1, 0.15) is 11.4 Å². The number of fused-ring (bicyclic) bond motifs is 1. The number of rotatable bonds is 2. The lowest BCUT2D eigenvalue weighted by atomic mass is 10.0. The smallest absolute Gasteiger partial charge is 0.289 e. The largest absolute Gasteiger partial charge is 0.451 e. The number of carbonyl (C=O) groups excluding carboxylic acids is 1. The summed E-state index contributed by atoms with van der Waals surface area (Å²) < 4.78 is 21.2. The summed E-state index contributed by atoms with van der Waals surface area (Å²) in [5.74, 6) is -0.153. The van der Waals surface area contributed by atoms with Gasteiger partial charge in [0, 0.05) is 36.4 Å². The second-order valence-electron chi connectivity index (χ2n) is 6.25. The van der Waals surface area contributed by atoms with Gasteiger partial charge < -0.3 is 13.9 Å². The molecule has 3 aromatic rings. The molecule has 0 aliphatic carbocycles. The van der Waals surface area contributed by atoms with Crippen LogP contribution in [0.1, 0.15) is 35.0 Å². The SMILES string of the molecule is Cc1c(C(=O)N2CCC[C@@H](n3ccnc3)C2)oc2ccc(F)cc12. The summed E-state index contributed by atoms with van der Waals surface area (Å²) in [5, 5.41) is 0.654. The Labute approximate surface area is 138 Å². The third-order valence-corrected chi connectivity index (χ3v) is 4.72. The van der Waals surface area contributed by atoms with Gasteiger partial charge in [0.15, 0.2) is 5.76 Å². The molecular formula is C18H18FN3O2. The summed E-state index contributed by atoms with van der Waals surface area (Å²) in [4.78, 5) is 18.8. The predicted molar refractivity (Wildman–Crippen MR) is 87.3 cm³/mol. The molecular weight excluding hydrogens is 309 g/mol. The minimum atomic E-state index is -0.330. The average molecular weight is 327 g/mol. The standard InChI is InChI=1S/C18H18FN3O2/c1-12-15-9-13(19)4-5-16(15)24-17(12)18(23)21-7-2-3-14(10-21)22-8-6-20-11-22/h4-6,8-9,11,14H,2-3,7,10H2,1H3/t14-/m1/s1. The van der Waals surface area contributed by atoms with E-state index in [0.29, 0.717) is 35.4 Å². The van der Waals surface area contributed by atoms with Gasteiger partial charge in [-0.15, -0.1) is 0 Å². The van der Waals surface area contributed by atoms with Crippen LogP contribution < -0.4 is 0 Å². The van der Waals surface area contributed by atoms with Gasteiger partial charge in [-0.25, -0.2) is 9.37 Å². The number of hydrogen-bond donors (Lipinski definition) is 0. The molecule has 124 valence electrons. The van der Waals surface area contributed by atoms with Crippen molar-refractivity contribution in [2.45, 2.75) is 25.8 Å². The van der Waals surface area contributed by atoms with Gasteiger partial charge in [-0.05, 0) is 38.0 Å². The lowest BCUT2D eigenvalue weighted by Gasteiger charge is -2.33. The molecule has 5 nitrogen and oxygen atoms in total. The molecule has 1 saturated heterocycles.